The fourth-order valence-electron chi connectivity index (χ4n) is 2.36. The lowest BCUT2D eigenvalue weighted by molar-refractivity contribution is 0.0449. The second-order valence-electron chi connectivity index (χ2n) is 6.15. The summed E-state index contributed by atoms with van der Waals surface area (Å²) in [6.07, 6.45) is 0. The van der Waals surface area contributed by atoms with Gasteiger partial charge in [0.1, 0.15) is 24.7 Å². The van der Waals surface area contributed by atoms with Crippen molar-refractivity contribution in [3.8, 4) is 11.5 Å². The summed E-state index contributed by atoms with van der Waals surface area (Å²) >= 11 is 0. The van der Waals surface area contributed by atoms with E-state index in [0.29, 0.717) is 17.9 Å². The number of carbonyl (C=O) groups is 1. The van der Waals surface area contributed by atoms with Gasteiger partial charge in [-0.3, -0.25) is 0 Å². The fourth-order valence-corrected chi connectivity index (χ4v) is 3.29. The van der Waals surface area contributed by atoms with Crippen LogP contribution in [0.25, 0.3) is 0 Å². The van der Waals surface area contributed by atoms with E-state index in [-0.39, 0.29) is 23.7 Å². The number of sulfonamides is 1. The van der Waals surface area contributed by atoms with Gasteiger partial charge in [-0.15, -0.1) is 0 Å². The molecule has 2 aromatic rings. The van der Waals surface area contributed by atoms with Gasteiger partial charge in [0.05, 0.1) is 17.1 Å². The predicted molar refractivity (Wildman–Crippen MR) is 105 cm³/mol. The molecule has 0 saturated heterocycles. The molecule has 7 nitrogen and oxygen atoms in total. The van der Waals surface area contributed by atoms with E-state index < -0.39 is 16.0 Å². The van der Waals surface area contributed by atoms with Crippen LogP contribution < -0.4 is 9.47 Å². The van der Waals surface area contributed by atoms with Crippen molar-refractivity contribution in [1.29, 1.82) is 0 Å². The van der Waals surface area contributed by atoms with Gasteiger partial charge in [-0.2, -0.15) is 0 Å². The first-order chi connectivity index (χ1) is 13.3. The first-order valence-electron chi connectivity index (χ1n) is 8.81. The lowest BCUT2D eigenvalue weighted by atomic mass is 10.1. The van der Waals surface area contributed by atoms with E-state index in [0.717, 1.165) is 10.1 Å². The molecule has 0 heterocycles. The standard InChI is InChI=1S/C20H25NO6S/c1-5-25-16-7-9-17(10-8-16)26-12-13-27-20(22)19-14-18(11-6-15(19)2)28(23,24)21(3)4/h6-11,14H,5,12-13H2,1-4H3. The van der Waals surface area contributed by atoms with Gasteiger partial charge in [-0.25, -0.2) is 17.5 Å². The second kappa shape index (κ2) is 9.57. The van der Waals surface area contributed by atoms with Gasteiger partial charge in [0.2, 0.25) is 10.0 Å². The third kappa shape index (κ3) is 5.46. The minimum Gasteiger partial charge on any atom is -0.494 e. The first kappa shape index (κ1) is 21.7. The zero-order valence-corrected chi connectivity index (χ0v) is 17.3. The Hall–Kier alpha value is -2.58. The SMILES string of the molecule is CCOc1ccc(OCCOC(=O)c2cc(S(=O)(=O)N(C)C)ccc2C)cc1. The molecular formula is C20H25NO6S. The Morgan fingerprint density at radius 1 is 0.964 bits per heavy atom. The molecule has 0 aromatic heterocycles. The average molecular weight is 407 g/mol. The molecule has 2 aromatic carbocycles. The summed E-state index contributed by atoms with van der Waals surface area (Å²) in [4.78, 5) is 12.4. The van der Waals surface area contributed by atoms with E-state index >= 15 is 0 Å². The van der Waals surface area contributed by atoms with Crippen molar-refractivity contribution in [3.05, 3.63) is 53.6 Å². The molecule has 0 unspecified atom stereocenters. The molecule has 28 heavy (non-hydrogen) atoms. The molecular weight excluding hydrogens is 382 g/mol. The van der Waals surface area contributed by atoms with Crippen molar-refractivity contribution in [2.24, 2.45) is 0 Å². The van der Waals surface area contributed by atoms with Crippen molar-refractivity contribution in [1.82, 2.24) is 4.31 Å². The van der Waals surface area contributed by atoms with E-state index in [1.54, 1.807) is 37.3 Å². The van der Waals surface area contributed by atoms with Gasteiger partial charge in [-0.1, -0.05) is 6.07 Å². The molecule has 2 rings (SSSR count). The van der Waals surface area contributed by atoms with Gasteiger partial charge in [0.15, 0.2) is 0 Å². The maximum atomic E-state index is 12.3. The monoisotopic (exact) mass is 407 g/mol. The van der Waals surface area contributed by atoms with Gasteiger partial charge in [-0.05, 0) is 55.8 Å². The molecule has 8 heteroatoms. The van der Waals surface area contributed by atoms with Gasteiger partial charge < -0.3 is 14.2 Å². The summed E-state index contributed by atoms with van der Waals surface area (Å²) in [5.41, 5.74) is 0.846. The number of ether oxygens (including phenoxy) is 3. The van der Waals surface area contributed by atoms with Crippen molar-refractivity contribution in [2.75, 3.05) is 33.9 Å². The Morgan fingerprint density at radius 3 is 2.14 bits per heavy atom. The van der Waals surface area contributed by atoms with Crippen molar-refractivity contribution in [3.63, 3.8) is 0 Å². The number of rotatable bonds is 9. The summed E-state index contributed by atoms with van der Waals surface area (Å²) in [6.45, 7) is 4.43. The van der Waals surface area contributed by atoms with E-state index in [1.165, 1.54) is 26.2 Å². The Kier molecular flexibility index (Phi) is 7.42. The highest BCUT2D eigenvalue weighted by Crippen LogP contribution is 2.19. The topological polar surface area (TPSA) is 82.1 Å². The maximum Gasteiger partial charge on any atom is 0.338 e. The van der Waals surface area contributed by atoms with Crippen LogP contribution in [0.1, 0.15) is 22.8 Å². The van der Waals surface area contributed by atoms with Crippen LogP contribution in [0.4, 0.5) is 0 Å². The van der Waals surface area contributed by atoms with Gasteiger partial charge >= 0.3 is 5.97 Å². The molecule has 0 radical (unpaired) electrons. The Labute approximate surface area is 165 Å². The maximum absolute atomic E-state index is 12.3. The molecule has 0 atom stereocenters. The molecule has 0 aliphatic rings. The minimum absolute atomic E-state index is 0.0378. The number of nitrogens with zero attached hydrogens (tertiary/aromatic N) is 1. The van der Waals surface area contributed by atoms with Crippen LogP contribution in [0.5, 0.6) is 11.5 Å². The van der Waals surface area contributed by atoms with Crippen molar-refractivity contribution < 1.29 is 27.4 Å². The van der Waals surface area contributed by atoms with Crippen LogP contribution in [-0.4, -0.2) is 52.6 Å². The number of aryl methyl sites for hydroxylation is 1. The zero-order chi connectivity index (χ0) is 20.7. The third-order valence-corrected chi connectivity index (χ3v) is 5.74. The van der Waals surface area contributed by atoms with E-state index in [1.807, 2.05) is 6.92 Å². The molecule has 0 amide bonds. The molecule has 0 bridgehead atoms. The highest BCUT2D eigenvalue weighted by molar-refractivity contribution is 7.89. The normalized spacial score (nSPS) is 11.3. The molecule has 0 aliphatic carbocycles. The van der Waals surface area contributed by atoms with Crippen LogP contribution in [-0.2, 0) is 14.8 Å². The second-order valence-corrected chi connectivity index (χ2v) is 8.30. The number of hydrogen-bond acceptors (Lipinski definition) is 6. The summed E-state index contributed by atoms with van der Waals surface area (Å²) in [7, 11) is -0.756. The Balaban J connectivity index is 1.94. The molecule has 152 valence electrons. The van der Waals surface area contributed by atoms with Crippen molar-refractivity contribution in [2.45, 2.75) is 18.7 Å². The first-order valence-corrected chi connectivity index (χ1v) is 10.3. The van der Waals surface area contributed by atoms with E-state index in [9.17, 15) is 13.2 Å². The minimum atomic E-state index is -3.63. The van der Waals surface area contributed by atoms with Crippen LogP contribution in [0.15, 0.2) is 47.4 Å². The van der Waals surface area contributed by atoms with Gasteiger partial charge in [0.25, 0.3) is 0 Å². The largest absolute Gasteiger partial charge is 0.494 e. The molecule has 0 N–H and O–H groups in total. The summed E-state index contributed by atoms with van der Waals surface area (Å²) in [5.74, 6) is 0.794. The zero-order valence-electron chi connectivity index (χ0n) is 16.5. The Morgan fingerprint density at radius 2 is 1.57 bits per heavy atom. The predicted octanol–water partition coefficient (Wildman–Crippen LogP) is 2.88. The number of hydrogen-bond donors (Lipinski definition) is 0. The highest BCUT2D eigenvalue weighted by atomic mass is 32.2. The number of benzene rings is 2. The Bertz CT molecular complexity index is 907. The lowest BCUT2D eigenvalue weighted by Gasteiger charge is -2.13. The average Bonchev–Trinajstić information content (AvgIpc) is 2.66. The molecule has 0 spiro atoms. The molecule has 0 fully saturated rings. The van der Waals surface area contributed by atoms with E-state index in [4.69, 9.17) is 14.2 Å². The fraction of sp³-hybridized carbons (Fsp3) is 0.350. The molecule has 0 aliphatic heterocycles. The lowest BCUT2D eigenvalue weighted by Crippen LogP contribution is -2.23. The van der Waals surface area contributed by atoms with Crippen molar-refractivity contribution >= 4 is 16.0 Å². The van der Waals surface area contributed by atoms with Crippen LogP contribution in [0.3, 0.4) is 0 Å². The summed E-state index contributed by atoms with van der Waals surface area (Å²) in [6, 6.07) is 11.5. The van der Waals surface area contributed by atoms with Crippen LogP contribution in [0, 0.1) is 6.92 Å². The number of esters is 1. The van der Waals surface area contributed by atoms with Crippen LogP contribution >= 0.6 is 0 Å². The summed E-state index contributed by atoms with van der Waals surface area (Å²) in [5, 5.41) is 0. The van der Waals surface area contributed by atoms with Gasteiger partial charge in [0, 0.05) is 14.1 Å². The van der Waals surface area contributed by atoms with Crippen LogP contribution in [0.2, 0.25) is 0 Å². The van der Waals surface area contributed by atoms with E-state index in [2.05, 4.69) is 0 Å². The number of carbonyl (C=O) groups excluding carboxylic acids is 1. The molecule has 0 saturated carbocycles. The summed E-state index contributed by atoms with van der Waals surface area (Å²) < 4.78 is 41.7. The quantitative estimate of drug-likeness (QED) is 0.470. The highest BCUT2D eigenvalue weighted by Gasteiger charge is 2.20. The smallest absolute Gasteiger partial charge is 0.338 e. The third-order valence-electron chi connectivity index (χ3n) is 3.93.